The number of aromatic amines is 1. The molecule has 0 bridgehead atoms. The monoisotopic (exact) mass is 263 g/mol. The minimum absolute atomic E-state index is 0.0486. The van der Waals surface area contributed by atoms with E-state index < -0.39 is 26.9 Å². The summed E-state index contributed by atoms with van der Waals surface area (Å²) in [5, 5.41) is 35.8. The molecule has 0 aliphatic carbocycles. The summed E-state index contributed by atoms with van der Waals surface area (Å²) in [6.07, 6.45) is 0. The van der Waals surface area contributed by atoms with Crippen molar-refractivity contribution in [2.75, 3.05) is 36.7 Å². The maximum Gasteiger partial charge on any atom is 0.225 e. The van der Waals surface area contributed by atoms with Gasteiger partial charge in [0.1, 0.15) is 26.9 Å². The summed E-state index contributed by atoms with van der Waals surface area (Å²) in [5.41, 5.74) is 0. The van der Waals surface area contributed by atoms with Crippen LogP contribution in [-0.2, 0) is 0 Å². The van der Waals surface area contributed by atoms with E-state index in [-0.39, 0.29) is 16.7 Å². The van der Waals surface area contributed by atoms with E-state index in [1.165, 1.54) is 0 Å². The molecule has 0 fully saturated rings. The topological polar surface area (TPSA) is 129 Å². The molecule has 96 valence electrons. The third-order valence-corrected chi connectivity index (χ3v) is 2.09. The summed E-state index contributed by atoms with van der Waals surface area (Å²) in [7, 11) is 0. The number of H-pyrrole nitrogens is 1. The molecular formula is C7H13N5O4S. The van der Waals surface area contributed by atoms with Gasteiger partial charge in [-0.2, -0.15) is 9.97 Å². The van der Waals surface area contributed by atoms with Gasteiger partial charge in [-0.3, -0.25) is 14.8 Å². The van der Waals surface area contributed by atoms with Crippen LogP contribution in [0, 0.1) is 4.77 Å². The van der Waals surface area contributed by atoms with Crippen molar-refractivity contribution in [3.63, 3.8) is 0 Å². The van der Waals surface area contributed by atoms with Gasteiger partial charge in [0.05, 0.1) is 0 Å². The Morgan fingerprint density at radius 1 is 0.882 bits per heavy atom. The maximum absolute atomic E-state index is 8.95. The number of hydrogen-bond acceptors (Lipinski definition) is 9. The first-order valence-corrected chi connectivity index (χ1v) is 4.98. The Labute approximate surface area is 102 Å². The fraction of sp³-hybridized carbons (Fsp3) is 0.571. The molecule has 1 aromatic heterocycles. The first kappa shape index (κ1) is 13.7. The Bertz CT molecular complexity index is 372. The summed E-state index contributed by atoms with van der Waals surface area (Å²) in [6.45, 7) is -1.90. The lowest BCUT2D eigenvalue weighted by Gasteiger charge is -2.21. The second-order valence-electron chi connectivity index (χ2n) is 2.92. The molecule has 0 spiro atoms. The summed E-state index contributed by atoms with van der Waals surface area (Å²) in [4.78, 5) is 12.3. The molecule has 1 heterocycles. The Morgan fingerprint density at radius 2 is 1.24 bits per heavy atom. The molecule has 0 radical (unpaired) electrons. The molecule has 17 heavy (non-hydrogen) atoms. The minimum Gasteiger partial charge on any atom is -0.376 e. The highest BCUT2D eigenvalue weighted by Gasteiger charge is 2.11. The van der Waals surface area contributed by atoms with Crippen LogP contribution in [-0.4, -0.2) is 62.3 Å². The molecule has 0 aliphatic heterocycles. The van der Waals surface area contributed by atoms with E-state index in [4.69, 9.17) is 32.6 Å². The number of rotatable bonds is 6. The molecule has 1 rings (SSSR count). The standard InChI is InChI=1S/C7H13N5O4S/c13-1-11(2-14)5-8-6(10-7(17)9-5)12(3-15)4-16/h13-16H,1-4H2,(H,8,9,10,17). The Balaban J connectivity index is 3.13. The van der Waals surface area contributed by atoms with Crippen molar-refractivity contribution < 1.29 is 20.4 Å². The van der Waals surface area contributed by atoms with Gasteiger partial charge >= 0.3 is 0 Å². The van der Waals surface area contributed by atoms with Gasteiger partial charge in [0, 0.05) is 0 Å². The van der Waals surface area contributed by atoms with Crippen LogP contribution in [0.25, 0.3) is 0 Å². The lowest BCUT2D eigenvalue weighted by Crippen LogP contribution is -2.31. The van der Waals surface area contributed by atoms with Gasteiger partial charge in [0.25, 0.3) is 0 Å². The normalized spacial score (nSPS) is 10.4. The molecule has 0 amide bonds. The highest BCUT2D eigenvalue weighted by molar-refractivity contribution is 7.71. The van der Waals surface area contributed by atoms with E-state index in [0.717, 1.165) is 9.80 Å². The lowest BCUT2D eigenvalue weighted by atomic mass is 10.7. The van der Waals surface area contributed by atoms with Gasteiger partial charge in [-0.15, -0.1) is 0 Å². The maximum atomic E-state index is 8.95. The number of aromatic nitrogens is 3. The van der Waals surface area contributed by atoms with E-state index in [0.29, 0.717) is 0 Å². The summed E-state index contributed by atoms with van der Waals surface area (Å²) < 4.78 is -0.0486. The van der Waals surface area contributed by atoms with Crippen LogP contribution in [0.5, 0.6) is 0 Å². The molecule has 9 nitrogen and oxygen atoms in total. The zero-order valence-electron chi connectivity index (χ0n) is 8.81. The predicted molar refractivity (Wildman–Crippen MR) is 60.5 cm³/mol. The van der Waals surface area contributed by atoms with Gasteiger partial charge in [-0.1, -0.05) is 0 Å². The third kappa shape index (κ3) is 3.31. The van der Waals surface area contributed by atoms with Gasteiger partial charge < -0.3 is 20.4 Å². The number of nitrogens with one attached hydrogen (secondary N) is 1. The number of aliphatic hydroxyl groups is 4. The average molecular weight is 263 g/mol. The smallest absolute Gasteiger partial charge is 0.225 e. The fourth-order valence-electron chi connectivity index (χ4n) is 1.02. The summed E-state index contributed by atoms with van der Waals surface area (Å²) >= 11 is 4.80. The van der Waals surface area contributed by atoms with E-state index >= 15 is 0 Å². The highest BCUT2D eigenvalue weighted by Crippen LogP contribution is 2.11. The van der Waals surface area contributed by atoms with E-state index in [1.54, 1.807) is 0 Å². The Kier molecular flexibility index (Phi) is 5.18. The van der Waals surface area contributed by atoms with Crippen LogP contribution >= 0.6 is 12.2 Å². The summed E-state index contributed by atoms with van der Waals surface area (Å²) in [5.74, 6) is 0.161. The van der Waals surface area contributed by atoms with E-state index in [2.05, 4.69) is 15.0 Å². The van der Waals surface area contributed by atoms with Crippen LogP contribution < -0.4 is 9.80 Å². The van der Waals surface area contributed by atoms with Crippen LogP contribution in [0.4, 0.5) is 11.9 Å². The molecule has 0 aromatic carbocycles. The van der Waals surface area contributed by atoms with Crippen LogP contribution in [0.15, 0.2) is 0 Å². The highest BCUT2D eigenvalue weighted by atomic mass is 32.1. The van der Waals surface area contributed by atoms with Crippen LogP contribution in [0.2, 0.25) is 0 Å². The van der Waals surface area contributed by atoms with E-state index in [9.17, 15) is 0 Å². The predicted octanol–water partition coefficient (Wildman–Crippen LogP) is -2.05. The van der Waals surface area contributed by atoms with E-state index in [1.807, 2.05) is 0 Å². The van der Waals surface area contributed by atoms with Crippen molar-refractivity contribution in [3.8, 4) is 0 Å². The SMILES string of the molecule is OCN(CO)c1nc(=S)nc(N(CO)CO)[nH]1. The molecule has 0 saturated heterocycles. The van der Waals surface area contributed by atoms with Crippen molar-refractivity contribution in [1.82, 2.24) is 15.0 Å². The molecule has 5 N–H and O–H groups in total. The van der Waals surface area contributed by atoms with Crippen molar-refractivity contribution >= 4 is 24.1 Å². The largest absolute Gasteiger partial charge is 0.376 e. The summed E-state index contributed by atoms with van der Waals surface area (Å²) in [6, 6.07) is 0. The third-order valence-electron chi connectivity index (χ3n) is 1.91. The second kappa shape index (κ2) is 6.42. The first-order chi connectivity index (χ1) is 8.15. The Morgan fingerprint density at radius 3 is 1.53 bits per heavy atom. The second-order valence-corrected chi connectivity index (χ2v) is 3.29. The van der Waals surface area contributed by atoms with Crippen molar-refractivity contribution in [2.24, 2.45) is 0 Å². The number of aliphatic hydroxyl groups excluding tert-OH is 4. The van der Waals surface area contributed by atoms with Crippen LogP contribution in [0.1, 0.15) is 0 Å². The number of nitrogens with zero attached hydrogens (tertiary/aromatic N) is 4. The quantitative estimate of drug-likeness (QED) is 0.291. The molecule has 1 aromatic rings. The molecule has 10 heteroatoms. The van der Waals surface area contributed by atoms with Gasteiger partial charge in [0.15, 0.2) is 0 Å². The molecule has 0 unspecified atom stereocenters. The number of hydrogen-bond donors (Lipinski definition) is 5. The average Bonchev–Trinajstić information content (AvgIpc) is 2.31. The van der Waals surface area contributed by atoms with Crippen molar-refractivity contribution in [3.05, 3.63) is 4.77 Å². The van der Waals surface area contributed by atoms with Gasteiger partial charge in [0.2, 0.25) is 16.7 Å². The van der Waals surface area contributed by atoms with Crippen LogP contribution in [0.3, 0.4) is 0 Å². The lowest BCUT2D eigenvalue weighted by molar-refractivity contribution is 0.217. The molecule has 0 saturated carbocycles. The first-order valence-electron chi connectivity index (χ1n) is 4.58. The fourth-order valence-corrected chi connectivity index (χ4v) is 1.19. The molecule has 0 aliphatic rings. The molecular weight excluding hydrogens is 250 g/mol. The molecule has 0 atom stereocenters. The minimum atomic E-state index is -0.476. The zero-order chi connectivity index (χ0) is 12.8. The van der Waals surface area contributed by atoms with Crippen molar-refractivity contribution in [1.29, 1.82) is 0 Å². The number of anilines is 2. The zero-order valence-corrected chi connectivity index (χ0v) is 9.63. The van der Waals surface area contributed by atoms with Crippen molar-refractivity contribution in [2.45, 2.75) is 0 Å². The van der Waals surface area contributed by atoms with Gasteiger partial charge in [-0.25, -0.2) is 0 Å². The Hall–Kier alpha value is -1.33. The van der Waals surface area contributed by atoms with Gasteiger partial charge in [-0.05, 0) is 12.2 Å².